The second-order valence-corrected chi connectivity index (χ2v) is 9.50. The fraction of sp³-hybridized carbons (Fsp3) is 0.458. The van der Waals surface area contributed by atoms with Crippen molar-refractivity contribution in [1.82, 2.24) is 29.7 Å². The Morgan fingerprint density at radius 1 is 0.879 bits per heavy atom. The van der Waals surface area contributed by atoms with Gasteiger partial charge in [-0.3, -0.25) is 19.5 Å². The van der Waals surface area contributed by atoms with Crippen LogP contribution in [0.15, 0.2) is 51.7 Å². The van der Waals surface area contributed by atoms with E-state index in [1.807, 2.05) is 21.7 Å². The lowest BCUT2D eigenvalue weighted by atomic mass is 10.2. The molecule has 0 spiro atoms. The minimum absolute atomic E-state index is 0.240. The highest BCUT2D eigenvalue weighted by Crippen LogP contribution is 2.19. The van der Waals surface area contributed by atoms with E-state index in [-0.39, 0.29) is 5.91 Å². The zero-order chi connectivity index (χ0) is 22.5. The number of benzene rings is 1. The smallest absolute Gasteiger partial charge is 0.241 e. The fourth-order valence-corrected chi connectivity index (χ4v) is 5.05. The minimum atomic E-state index is 0.240. The standard InChI is InChI=1S/C24H30N6O2S/c31-23(18-29-9-7-27(8-10-29)16-20-4-2-1-3-5-20)30-13-11-28(12-14-30)17-22-25-24(26-32-22)21-6-15-33-19-21/h1-6,15,19H,7-14,16-18H2. The van der Waals surface area contributed by atoms with Crippen molar-refractivity contribution < 1.29 is 9.32 Å². The Hall–Kier alpha value is -2.59. The summed E-state index contributed by atoms with van der Waals surface area (Å²) in [7, 11) is 0. The third-order valence-corrected chi connectivity index (χ3v) is 7.09. The first-order valence-electron chi connectivity index (χ1n) is 11.6. The van der Waals surface area contributed by atoms with Crippen molar-refractivity contribution in [3.63, 3.8) is 0 Å². The number of nitrogens with zero attached hydrogens (tertiary/aromatic N) is 6. The normalized spacial score (nSPS) is 18.6. The molecule has 1 amide bonds. The molecule has 2 saturated heterocycles. The lowest BCUT2D eigenvalue weighted by molar-refractivity contribution is -0.134. The minimum Gasteiger partial charge on any atom is -0.339 e. The van der Waals surface area contributed by atoms with Crippen LogP contribution in [-0.2, 0) is 17.9 Å². The largest absolute Gasteiger partial charge is 0.339 e. The highest BCUT2D eigenvalue weighted by atomic mass is 32.1. The number of carbonyl (C=O) groups is 1. The summed E-state index contributed by atoms with van der Waals surface area (Å²) < 4.78 is 5.42. The molecule has 3 aromatic rings. The summed E-state index contributed by atoms with van der Waals surface area (Å²) in [6, 6.07) is 12.6. The van der Waals surface area contributed by atoms with Gasteiger partial charge in [0.2, 0.25) is 17.6 Å². The maximum absolute atomic E-state index is 12.9. The van der Waals surface area contributed by atoms with Crippen molar-refractivity contribution >= 4 is 17.2 Å². The molecule has 8 nitrogen and oxygen atoms in total. The van der Waals surface area contributed by atoms with Gasteiger partial charge >= 0.3 is 0 Å². The monoisotopic (exact) mass is 466 g/mol. The molecule has 2 aromatic heterocycles. The molecular weight excluding hydrogens is 436 g/mol. The second kappa shape index (κ2) is 10.6. The van der Waals surface area contributed by atoms with Crippen LogP contribution in [0.4, 0.5) is 0 Å². The van der Waals surface area contributed by atoms with Crippen molar-refractivity contribution in [2.75, 3.05) is 58.9 Å². The van der Waals surface area contributed by atoms with E-state index < -0.39 is 0 Å². The van der Waals surface area contributed by atoms with Gasteiger partial charge in [-0.1, -0.05) is 35.5 Å². The molecule has 0 saturated carbocycles. The highest BCUT2D eigenvalue weighted by molar-refractivity contribution is 7.08. The zero-order valence-corrected chi connectivity index (χ0v) is 19.6. The molecule has 0 radical (unpaired) electrons. The number of carbonyl (C=O) groups excluding carboxylic acids is 1. The fourth-order valence-electron chi connectivity index (χ4n) is 4.41. The number of thiophene rings is 1. The summed E-state index contributed by atoms with van der Waals surface area (Å²) in [6.07, 6.45) is 0. The molecule has 9 heteroatoms. The molecule has 2 fully saturated rings. The van der Waals surface area contributed by atoms with E-state index in [4.69, 9.17) is 4.52 Å². The highest BCUT2D eigenvalue weighted by Gasteiger charge is 2.25. The van der Waals surface area contributed by atoms with Crippen LogP contribution in [0, 0.1) is 0 Å². The Morgan fingerprint density at radius 2 is 1.58 bits per heavy atom. The third kappa shape index (κ3) is 5.86. The number of aromatic nitrogens is 2. The number of rotatable bonds is 7. The van der Waals surface area contributed by atoms with Gasteiger partial charge in [0.25, 0.3) is 0 Å². The maximum atomic E-state index is 12.9. The van der Waals surface area contributed by atoms with Crippen LogP contribution >= 0.6 is 11.3 Å². The molecule has 1 aromatic carbocycles. The predicted molar refractivity (Wildman–Crippen MR) is 128 cm³/mol. The summed E-state index contributed by atoms with van der Waals surface area (Å²) in [6.45, 7) is 9.19. The summed E-state index contributed by atoms with van der Waals surface area (Å²) in [5, 5.41) is 8.10. The second-order valence-electron chi connectivity index (χ2n) is 8.72. The number of hydrogen-bond acceptors (Lipinski definition) is 8. The molecule has 2 aliphatic rings. The molecule has 4 heterocycles. The first-order chi connectivity index (χ1) is 16.2. The van der Waals surface area contributed by atoms with Gasteiger partial charge in [0.1, 0.15) is 0 Å². The van der Waals surface area contributed by atoms with Gasteiger partial charge in [-0.2, -0.15) is 16.3 Å². The van der Waals surface area contributed by atoms with E-state index in [1.165, 1.54) is 5.56 Å². The zero-order valence-electron chi connectivity index (χ0n) is 18.8. The lowest BCUT2D eigenvalue weighted by Gasteiger charge is -2.37. The molecule has 0 aliphatic carbocycles. The van der Waals surface area contributed by atoms with Crippen LogP contribution in [0.25, 0.3) is 11.4 Å². The predicted octanol–water partition coefficient (Wildman–Crippen LogP) is 2.26. The van der Waals surface area contributed by atoms with E-state index in [1.54, 1.807) is 11.3 Å². The van der Waals surface area contributed by atoms with Crippen LogP contribution in [0.5, 0.6) is 0 Å². The number of amides is 1. The Morgan fingerprint density at radius 3 is 2.30 bits per heavy atom. The van der Waals surface area contributed by atoms with Crippen LogP contribution in [0.1, 0.15) is 11.5 Å². The lowest BCUT2D eigenvalue weighted by Crippen LogP contribution is -2.53. The average molecular weight is 467 g/mol. The number of hydrogen-bond donors (Lipinski definition) is 0. The molecule has 0 unspecified atom stereocenters. The summed E-state index contributed by atoms with van der Waals surface area (Å²) >= 11 is 1.62. The first-order valence-corrected chi connectivity index (χ1v) is 12.5. The molecule has 0 N–H and O–H groups in total. The van der Waals surface area contributed by atoms with Crippen molar-refractivity contribution in [2.45, 2.75) is 13.1 Å². The Balaban J connectivity index is 1.02. The first kappa shape index (κ1) is 22.2. The van der Waals surface area contributed by atoms with E-state index in [0.717, 1.165) is 64.5 Å². The van der Waals surface area contributed by atoms with Gasteiger partial charge in [0.15, 0.2) is 0 Å². The van der Waals surface area contributed by atoms with Gasteiger partial charge in [-0.15, -0.1) is 0 Å². The Bertz CT molecular complexity index is 1010. The SMILES string of the molecule is O=C(CN1CCN(Cc2ccccc2)CC1)N1CCN(Cc2nc(-c3ccsc3)no2)CC1. The van der Waals surface area contributed by atoms with Crippen molar-refractivity contribution in [3.8, 4) is 11.4 Å². The van der Waals surface area contributed by atoms with Gasteiger partial charge in [0, 0.05) is 69.8 Å². The van der Waals surface area contributed by atoms with E-state index in [9.17, 15) is 4.79 Å². The van der Waals surface area contributed by atoms with Gasteiger partial charge in [0.05, 0.1) is 13.1 Å². The molecule has 5 rings (SSSR count). The summed E-state index contributed by atoms with van der Waals surface area (Å²) in [5.41, 5.74) is 2.34. The molecular formula is C24H30N6O2S. The van der Waals surface area contributed by atoms with Gasteiger partial charge in [-0.05, 0) is 17.0 Å². The van der Waals surface area contributed by atoms with Crippen LogP contribution in [-0.4, -0.2) is 94.6 Å². The van der Waals surface area contributed by atoms with Gasteiger partial charge < -0.3 is 9.42 Å². The quantitative estimate of drug-likeness (QED) is 0.529. The van der Waals surface area contributed by atoms with Crippen molar-refractivity contribution in [1.29, 1.82) is 0 Å². The molecule has 2 aliphatic heterocycles. The Kier molecular flexibility index (Phi) is 7.11. The van der Waals surface area contributed by atoms with E-state index in [2.05, 4.69) is 55.2 Å². The maximum Gasteiger partial charge on any atom is 0.241 e. The van der Waals surface area contributed by atoms with Crippen molar-refractivity contribution in [3.05, 3.63) is 58.6 Å². The third-order valence-electron chi connectivity index (χ3n) is 6.40. The van der Waals surface area contributed by atoms with Gasteiger partial charge in [-0.25, -0.2) is 0 Å². The molecule has 174 valence electrons. The van der Waals surface area contributed by atoms with Crippen LogP contribution in [0.2, 0.25) is 0 Å². The van der Waals surface area contributed by atoms with Crippen LogP contribution in [0.3, 0.4) is 0 Å². The van der Waals surface area contributed by atoms with E-state index in [0.29, 0.717) is 24.8 Å². The summed E-state index contributed by atoms with van der Waals surface area (Å²) in [4.78, 5) is 26.4. The average Bonchev–Trinajstić information content (AvgIpc) is 3.54. The van der Waals surface area contributed by atoms with Crippen LogP contribution < -0.4 is 0 Å². The summed E-state index contributed by atoms with van der Waals surface area (Å²) in [5.74, 6) is 1.51. The number of piperazine rings is 2. The Labute approximate surface area is 198 Å². The van der Waals surface area contributed by atoms with Crippen molar-refractivity contribution in [2.24, 2.45) is 0 Å². The topological polar surface area (TPSA) is 69.0 Å². The molecule has 0 atom stereocenters. The molecule has 33 heavy (non-hydrogen) atoms. The molecule has 0 bridgehead atoms. The van der Waals surface area contributed by atoms with E-state index >= 15 is 0 Å².